The highest BCUT2D eigenvalue weighted by atomic mass is 35.5. The van der Waals surface area contributed by atoms with Gasteiger partial charge >= 0.3 is 5.97 Å². The number of esters is 1. The van der Waals surface area contributed by atoms with Crippen molar-refractivity contribution in [3.8, 4) is 11.3 Å². The molecule has 2 bridgehead atoms. The summed E-state index contributed by atoms with van der Waals surface area (Å²) in [5, 5.41) is 0.868. The molecule has 224 valence electrons. The van der Waals surface area contributed by atoms with Crippen LogP contribution in [0.2, 0.25) is 5.02 Å². The number of imide groups is 1. The standard InChI is InChI=1S/C37H29ClN2O5/c1-18-6-7-21(14-19(18)2)31(41)17-45-37(44)28-16-30(39-34-25(28)4-3-5-29(34)38)20-8-10-22(11-9-20)40-35(42)32-23-12-13-24(27-15-26(23)27)33(32)36(40)43/h3-14,16,23-24,26-27,32-33H,15,17H2,1-2H3. The second-order valence-electron chi connectivity index (χ2n) is 12.7. The van der Waals surface area contributed by atoms with Crippen molar-refractivity contribution in [3.63, 3.8) is 0 Å². The van der Waals surface area contributed by atoms with Gasteiger partial charge in [-0.05, 0) is 85.4 Å². The number of halogens is 1. The molecule has 6 atom stereocenters. The van der Waals surface area contributed by atoms with Crippen molar-refractivity contribution in [2.24, 2.45) is 35.5 Å². The lowest BCUT2D eigenvalue weighted by molar-refractivity contribution is -0.124. The number of aromatic nitrogens is 1. The Bertz CT molecular complexity index is 1960. The summed E-state index contributed by atoms with van der Waals surface area (Å²) in [5.41, 5.74) is 4.83. The number of aryl methyl sites for hydroxylation is 2. The van der Waals surface area contributed by atoms with Crippen molar-refractivity contribution < 1.29 is 23.9 Å². The highest BCUT2D eigenvalue weighted by molar-refractivity contribution is 6.35. The van der Waals surface area contributed by atoms with Gasteiger partial charge in [-0.3, -0.25) is 19.3 Å². The fraction of sp³-hybridized carbons (Fsp3) is 0.270. The number of fused-ring (bicyclic) bond motifs is 1. The van der Waals surface area contributed by atoms with Crippen LogP contribution in [0.5, 0.6) is 0 Å². The summed E-state index contributed by atoms with van der Waals surface area (Å²) in [4.78, 5) is 59.4. The quantitative estimate of drug-likeness (QED) is 0.103. The summed E-state index contributed by atoms with van der Waals surface area (Å²) in [6, 6.07) is 19.2. The molecule has 0 spiro atoms. The van der Waals surface area contributed by atoms with Crippen molar-refractivity contribution in [3.05, 3.63) is 106 Å². The van der Waals surface area contributed by atoms with Gasteiger partial charge < -0.3 is 4.74 Å². The number of ketones is 1. The third-order valence-electron chi connectivity index (χ3n) is 10.3. The lowest BCUT2D eigenvalue weighted by Crippen LogP contribution is -2.40. The molecule has 1 aliphatic heterocycles. The van der Waals surface area contributed by atoms with E-state index in [0.29, 0.717) is 50.3 Å². The lowest BCUT2D eigenvalue weighted by Gasteiger charge is -2.37. The number of hydrogen-bond acceptors (Lipinski definition) is 6. The smallest absolute Gasteiger partial charge is 0.339 e. The minimum absolute atomic E-state index is 0.113. The number of ether oxygens (including phenoxy) is 1. The molecule has 2 heterocycles. The topological polar surface area (TPSA) is 93.6 Å². The fourth-order valence-corrected chi connectivity index (χ4v) is 7.95. The molecular weight excluding hydrogens is 588 g/mol. The Kier molecular flexibility index (Phi) is 6.33. The van der Waals surface area contributed by atoms with Crippen LogP contribution in [0.1, 0.15) is 38.3 Å². The third kappa shape index (κ3) is 4.36. The molecule has 9 rings (SSSR count). The normalized spacial score (nSPS) is 25.8. The molecule has 3 aromatic carbocycles. The first-order valence-corrected chi connectivity index (χ1v) is 15.6. The Balaban J connectivity index is 1.07. The molecular formula is C37H29ClN2O5. The number of carbonyl (C=O) groups excluding carboxylic acids is 4. The van der Waals surface area contributed by atoms with Crippen LogP contribution in [0.15, 0.2) is 78.9 Å². The van der Waals surface area contributed by atoms with Crippen LogP contribution in [0.3, 0.4) is 0 Å². The zero-order valence-corrected chi connectivity index (χ0v) is 25.5. The van der Waals surface area contributed by atoms with Crippen molar-refractivity contribution in [2.45, 2.75) is 20.3 Å². The maximum Gasteiger partial charge on any atom is 0.339 e. The molecule has 2 saturated carbocycles. The van der Waals surface area contributed by atoms with Crippen LogP contribution in [0, 0.1) is 49.4 Å². The molecule has 1 aromatic heterocycles. The number of hydrogen-bond donors (Lipinski definition) is 0. The first-order chi connectivity index (χ1) is 21.7. The molecule has 4 aromatic rings. The van der Waals surface area contributed by atoms with Gasteiger partial charge in [0.15, 0.2) is 12.4 Å². The Morgan fingerprint density at radius 3 is 2.24 bits per heavy atom. The molecule has 3 fully saturated rings. The van der Waals surface area contributed by atoms with E-state index in [0.717, 1.165) is 17.5 Å². The lowest BCUT2D eigenvalue weighted by atomic mass is 9.63. The number of rotatable bonds is 6. The highest BCUT2D eigenvalue weighted by Crippen LogP contribution is 2.65. The number of para-hydroxylation sites is 1. The highest BCUT2D eigenvalue weighted by Gasteiger charge is 2.67. The predicted molar refractivity (Wildman–Crippen MR) is 170 cm³/mol. The van der Waals surface area contributed by atoms with Gasteiger partial charge in [0.2, 0.25) is 11.8 Å². The molecule has 1 saturated heterocycles. The summed E-state index contributed by atoms with van der Waals surface area (Å²) in [5.74, 6) is -0.335. The third-order valence-corrected chi connectivity index (χ3v) is 10.6. The van der Waals surface area contributed by atoms with Gasteiger partial charge in [-0.25, -0.2) is 9.78 Å². The Morgan fingerprint density at radius 1 is 0.889 bits per heavy atom. The number of carbonyl (C=O) groups is 4. The number of nitrogens with zero attached hydrogens (tertiary/aromatic N) is 2. The molecule has 2 amide bonds. The second kappa shape index (κ2) is 10.2. The minimum atomic E-state index is -0.670. The van der Waals surface area contributed by atoms with Gasteiger partial charge in [0.25, 0.3) is 0 Å². The Hall–Kier alpha value is -4.62. The van der Waals surface area contributed by atoms with Crippen LogP contribution in [0.4, 0.5) is 5.69 Å². The number of anilines is 1. The first kappa shape index (κ1) is 27.9. The van der Waals surface area contributed by atoms with Crippen LogP contribution < -0.4 is 4.90 Å². The number of benzene rings is 3. The number of pyridine rings is 1. The van der Waals surface area contributed by atoms with Gasteiger partial charge in [-0.1, -0.05) is 60.2 Å². The summed E-state index contributed by atoms with van der Waals surface area (Å²) >= 11 is 6.52. The molecule has 4 aliphatic carbocycles. The van der Waals surface area contributed by atoms with E-state index in [1.54, 1.807) is 60.7 Å². The average molecular weight is 617 g/mol. The number of amides is 2. The van der Waals surface area contributed by atoms with E-state index < -0.39 is 12.6 Å². The van der Waals surface area contributed by atoms with E-state index in [4.69, 9.17) is 21.3 Å². The van der Waals surface area contributed by atoms with E-state index in [1.807, 2.05) is 19.9 Å². The SMILES string of the molecule is Cc1ccc(C(=O)COC(=O)c2cc(-c3ccc(N4C(=O)C5C6C=CC(C7CC67)C5C4=O)cc3)nc3c(Cl)cccc23)cc1C. The molecule has 7 nitrogen and oxygen atoms in total. The predicted octanol–water partition coefficient (Wildman–Crippen LogP) is 6.77. The number of allylic oxidation sites excluding steroid dienone is 2. The monoisotopic (exact) mass is 616 g/mol. The van der Waals surface area contributed by atoms with Crippen molar-refractivity contribution >= 4 is 51.8 Å². The largest absolute Gasteiger partial charge is 0.454 e. The zero-order chi connectivity index (χ0) is 31.1. The molecule has 0 N–H and O–H groups in total. The summed E-state index contributed by atoms with van der Waals surface area (Å²) in [7, 11) is 0. The van der Waals surface area contributed by atoms with Gasteiger partial charge in [0.05, 0.1) is 39.3 Å². The van der Waals surface area contributed by atoms with Crippen LogP contribution in [0.25, 0.3) is 22.2 Å². The maximum absolute atomic E-state index is 13.6. The van der Waals surface area contributed by atoms with Crippen LogP contribution in [-0.2, 0) is 14.3 Å². The van der Waals surface area contributed by atoms with E-state index in [2.05, 4.69) is 12.2 Å². The first-order valence-electron chi connectivity index (χ1n) is 15.2. The minimum Gasteiger partial charge on any atom is -0.454 e. The molecule has 0 radical (unpaired) electrons. The Labute approximate surface area is 264 Å². The van der Waals surface area contributed by atoms with Gasteiger partial charge in [0, 0.05) is 16.5 Å². The summed E-state index contributed by atoms with van der Waals surface area (Å²) in [6.45, 7) is 3.48. The molecule has 5 aliphatic rings. The summed E-state index contributed by atoms with van der Waals surface area (Å²) in [6.07, 6.45) is 5.44. The van der Waals surface area contributed by atoms with E-state index in [-0.39, 0.29) is 46.8 Å². The summed E-state index contributed by atoms with van der Waals surface area (Å²) < 4.78 is 5.50. The van der Waals surface area contributed by atoms with Crippen molar-refractivity contribution in [1.82, 2.24) is 4.98 Å². The molecule has 6 unspecified atom stereocenters. The van der Waals surface area contributed by atoms with Gasteiger partial charge in [0.1, 0.15) is 0 Å². The van der Waals surface area contributed by atoms with Crippen molar-refractivity contribution in [2.75, 3.05) is 11.5 Å². The maximum atomic E-state index is 13.6. The average Bonchev–Trinajstić information content (AvgIpc) is 3.83. The Morgan fingerprint density at radius 2 is 1.58 bits per heavy atom. The van der Waals surface area contributed by atoms with E-state index in [1.165, 1.54) is 4.90 Å². The van der Waals surface area contributed by atoms with Crippen LogP contribution in [-0.4, -0.2) is 35.2 Å². The van der Waals surface area contributed by atoms with E-state index in [9.17, 15) is 19.2 Å². The van der Waals surface area contributed by atoms with Gasteiger partial charge in [-0.15, -0.1) is 0 Å². The van der Waals surface area contributed by atoms with Crippen LogP contribution >= 0.6 is 11.6 Å². The second-order valence-corrected chi connectivity index (χ2v) is 13.1. The van der Waals surface area contributed by atoms with E-state index >= 15 is 0 Å². The fourth-order valence-electron chi connectivity index (χ4n) is 7.73. The number of Topliss-reactive ketones (excluding diaryl/α,β-unsaturated/α-hetero) is 1. The van der Waals surface area contributed by atoms with Gasteiger partial charge in [-0.2, -0.15) is 0 Å². The molecule has 8 heteroatoms. The molecule has 45 heavy (non-hydrogen) atoms. The van der Waals surface area contributed by atoms with Crippen molar-refractivity contribution in [1.29, 1.82) is 0 Å². The zero-order valence-electron chi connectivity index (χ0n) is 24.7.